The number of ether oxygens (including phenoxy) is 2. The van der Waals surface area contributed by atoms with Crippen LogP contribution in [0.4, 0.5) is 0 Å². The smallest absolute Gasteiger partial charge is 0.191 e. The minimum Gasteiger partial charge on any atom is -0.377 e. The first-order valence-corrected chi connectivity index (χ1v) is 9.61. The van der Waals surface area contributed by atoms with Crippen molar-refractivity contribution >= 4 is 5.96 Å². The zero-order valence-corrected chi connectivity index (χ0v) is 14.4. The first-order chi connectivity index (χ1) is 11.3. The summed E-state index contributed by atoms with van der Waals surface area (Å²) >= 11 is 0. The van der Waals surface area contributed by atoms with Gasteiger partial charge in [-0.15, -0.1) is 0 Å². The van der Waals surface area contributed by atoms with Crippen molar-refractivity contribution < 1.29 is 9.47 Å². The molecule has 4 fully saturated rings. The topological polar surface area (TPSA) is 54.9 Å². The first kappa shape index (κ1) is 15.7. The highest BCUT2D eigenvalue weighted by atomic mass is 16.5. The summed E-state index contributed by atoms with van der Waals surface area (Å²) in [6, 6.07) is 0.541. The molecule has 0 amide bonds. The number of nitrogens with zero attached hydrogens (tertiary/aromatic N) is 1. The van der Waals surface area contributed by atoms with Gasteiger partial charge in [0, 0.05) is 37.1 Å². The molecule has 4 rings (SSSR count). The Hall–Kier alpha value is -0.810. The average Bonchev–Trinajstić information content (AvgIpc) is 3.30. The Morgan fingerprint density at radius 1 is 1.13 bits per heavy atom. The van der Waals surface area contributed by atoms with Crippen LogP contribution in [0.5, 0.6) is 0 Å². The van der Waals surface area contributed by atoms with Gasteiger partial charge in [0.25, 0.3) is 0 Å². The normalized spacial score (nSPS) is 38.6. The van der Waals surface area contributed by atoms with Crippen LogP contribution in [0.1, 0.15) is 51.9 Å². The van der Waals surface area contributed by atoms with Gasteiger partial charge >= 0.3 is 0 Å². The van der Waals surface area contributed by atoms with Gasteiger partial charge in [0.05, 0.1) is 18.8 Å². The third-order valence-corrected chi connectivity index (χ3v) is 6.40. The molecule has 4 unspecified atom stereocenters. The molecule has 1 spiro atoms. The molecule has 4 atom stereocenters. The van der Waals surface area contributed by atoms with E-state index < -0.39 is 0 Å². The number of guanidine groups is 1. The molecule has 4 aliphatic rings. The maximum Gasteiger partial charge on any atom is 0.191 e. The van der Waals surface area contributed by atoms with E-state index in [0.29, 0.717) is 29.6 Å². The standard InChI is InChI=1S/C18H31N3O2/c1-2-19-17(20-12-13-6-5-10-22-13)21-15-14-7-11-23-16(14)18(15)8-3-4-9-18/h13-16H,2-12H2,1H3,(H2,19,20,21). The van der Waals surface area contributed by atoms with Gasteiger partial charge in [0.1, 0.15) is 0 Å². The zero-order chi connectivity index (χ0) is 15.7. The summed E-state index contributed by atoms with van der Waals surface area (Å²) in [4.78, 5) is 4.81. The molecule has 2 heterocycles. The lowest BCUT2D eigenvalue weighted by Crippen LogP contribution is -2.69. The van der Waals surface area contributed by atoms with Gasteiger partial charge in [0.15, 0.2) is 5.96 Å². The lowest BCUT2D eigenvalue weighted by molar-refractivity contribution is -0.125. The summed E-state index contributed by atoms with van der Waals surface area (Å²) in [7, 11) is 0. The Morgan fingerprint density at radius 2 is 2.00 bits per heavy atom. The van der Waals surface area contributed by atoms with Crippen molar-refractivity contribution in [1.29, 1.82) is 0 Å². The van der Waals surface area contributed by atoms with Crippen molar-refractivity contribution in [3.05, 3.63) is 0 Å². The fourth-order valence-corrected chi connectivity index (χ4v) is 5.35. The molecule has 2 aliphatic carbocycles. The maximum absolute atomic E-state index is 6.08. The molecule has 5 nitrogen and oxygen atoms in total. The first-order valence-electron chi connectivity index (χ1n) is 9.61. The van der Waals surface area contributed by atoms with Crippen LogP contribution in [0.25, 0.3) is 0 Å². The molecule has 2 aliphatic heterocycles. The van der Waals surface area contributed by atoms with E-state index in [1.165, 1.54) is 38.5 Å². The number of hydrogen-bond acceptors (Lipinski definition) is 3. The van der Waals surface area contributed by atoms with Gasteiger partial charge in [-0.05, 0) is 39.0 Å². The predicted octanol–water partition coefficient (Wildman–Crippen LogP) is 2.07. The van der Waals surface area contributed by atoms with Crippen LogP contribution in [0.2, 0.25) is 0 Å². The molecule has 5 heteroatoms. The quantitative estimate of drug-likeness (QED) is 0.615. The van der Waals surface area contributed by atoms with Crippen LogP contribution < -0.4 is 10.6 Å². The molecule has 0 bridgehead atoms. The van der Waals surface area contributed by atoms with Gasteiger partial charge in [0.2, 0.25) is 0 Å². The molecule has 0 aromatic carbocycles. The van der Waals surface area contributed by atoms with E-state index in [1.807, 2.05) is 0 Å². The molecule has 2 saturated heterocycles. The summed E-state index contributed by atoms with van der Waals surface area (Å²) in [6.07, 6.45) is 9.69. The Bertz CT molecular complexity index is 442. The van der Waals surface area contributed by atoms with Crippen molar-refractivity contribution in [2.75, 3.05) is 26.3 Å². The summed E-state index contributed by atoms with van der Waals surface area (Å²) in [5.41, 5.74) is 0.376. The maximum atomic E-state index is 6.08. The van der Waals surface area contributed by atoms with Crippen LogP contribution in [-0.2, 0) is 9.47 Å². The van der Waals surface area contributed by atoms with E-state index in [0.717, 1.165) is 38.7 Å². The number of hydrogen-bond donors (Lipinski definition) is 2. The third kappa shape index (κ3) is 2.76. The molecular formula is C18H31N3O2. The van der Waals surface area contributed by atoms with Crippen molar-refractivity contribution in [3.8, 4) is 0 Å². The van der Waals surface area contributed by atoms with Gasteiger partial charge in [-0.25, -0.2) is 0 Å². The minimum absolute atomic E-state index is 0.315. The molecule has 2 saturated carbocycles. The number of aliphatic imine (C=N–C) groups is 1. The molecule has 0 aromatic heterocycles. The number of rotatable bonds is 4. The fraction of sp³-hybridized carbons (Fsp3) is 0.944. The molecule has 0 aromatic rings. The Balaban J connectivity index is 1.43. The van der Waals surface area contributed by atoms with Crippen molar-refractivity contribution in [1.82, 2.24) is 10.6 Å². The minimum atomic E-state index is 0.315. The lowest BCUT2D eigenvalue weighted by Gasteiger charge is -2.57. The Morgan fingerprint density at radius 3 is 2.74 bits per heavy atom. The predicted molar refractivity (Wildman–Crippen MR) is 90.6 cm³/mol. The van der Waals surface area contributed by atoms with E-state index >= 15 is 0 Å². The molecule has 130 valence electrons. The molecule has 0 radical (unpaired) electrons. The second-order valence-corrected chi connectivity index (χ2v) is 7.66. The van der Waals surface area contributed by atoms with E-state index in [2.05, 4.69) is 17.6 Å². The average molecular weight is 321 g/mol. The summed E-state index contributed by atoms with van der Waals surface area (Å²) in [5, 5.41) is 7.22. The largest absolute Gasteiger partial charge is 0.377 e. The van der Waals surface area contributed by atoms with Crippen molar-refractivity contribution in [3.63, 3.8) is 0 Å². The van der Waals surface area contributed by atoms with Gasteiger partial charge in [-0.3, -0.25) is 4.99 Å². The third-order valence-electron chi connectivity index (χ3n) is 6.40. The summed E-state index contributed by atoms with van der Waals surface area (Å²) in [6.45, 7) is 5.66. The van der Waals surface area contributed by atoms with E-state index in [-0.39, 0.29) is 0 Å². The monoisotopic (exact) mass is 321 g/mol. The second-order valence-electron chi connectivity index (χ2n) is 7.66. The number of fused-ring (bicyclic) bond motifs is 2. The van der Waals surface area contributed by atoms with Crippen LogP contribution in [0.3, 0.4) is 0 Å². The second kappa shape index (κ2) is 6.60. The van der Waals surface area contributed by atoms with Crippen LogP contribution in [-0.4, -0.2) is 50.5 Å². The zero-order valence-electron chi connectivity index (χ0n) is 14.4. The summed E-state index contributed by atoms with van der Waals surface area (Å²) in [5.74, 6) is 1.66. The lowest BCUT2D eigenvalue weighted by atomic mass is 9.54. The summed E-state index contributed by atoms with van der Waals surface area (Å²) < 4.78 is 11.8. The highest BCUT2D eigenvalue weighted by molar-refractivity contribution is 5.80. The fourth-order valence-electron chi connectivity index (χ4n) is 5.35. The van der Waals surface area contributed by atoms with Crippen LogP contribution in [0, 0.1) is 11.3 Å². The van der Waals surface area contributed by atoms with E-state index in [1.54, 1.807) is 0 Å². The van der Waals surface area contributed by atoms with Gasteiger partial charge in [-0.2, -0.15) is 0 Å². The highest BCUT2D eigenvalue weighted by Gasteiger charge is 2.65. The van der Waals surface area contributed by atoms with Gasteiger partial charge in [-0.1, -0.05) is 12.8 Å². The Kier molecular flexibility index (Phi) is 4.50. The van der Waals surface area contributed by atoms with Gasteiger partial charge < -0.3 is 20.1 Å². The van der Waals surface area contributed by atoms with E-state index in [4.69, 9.17) is 14.5 Å². The van der Waals surface area contributed by atoms with E-state index in [9.17, 15) is 0 Å². The Labute approximate surface area is 139 Å². The SMILES string of the molecule is CCNC(=NCC1CCCO1)NC1C2CCOC2C12CCCC2. The number of nitrogens with one attached hydrogen (secondary N) is 2. The molecule has 2 N–H and O–H groups in total. The highest BCUT2D eigenvalue weighted by Crippen LogP contribution is 2.60. The van der Waals surface area contributed by atoms with Crippen molar-refractivity contribution in [2.45, 2.75) is 70.1 Å². The van der Waals surface area contributed by atoms with Crippen LogP contribution >= 0.6 is 0 Å². The van der Waals surface area contributed by atoms with Crippen molar-refractivity contribution in [2.24, 2.45) is 16.3 Å². The molecule has 23 heavy (non-hydrogen) atoms. The molecular weight excluding hydrogens is 290 g/mol. The van der Waals surface area contributed by atoms with Crippen LogP contribution in [0.15, 0.2) is 4.99 Å².